The first-order valence-corrected chi connectivity index (χ1v) is 7.20. The van der Waals surface area contributed by atoms with E-state index in [0.29, 0.717) is 0 Å². The van der Waals surface area contributed by atoms with Crippen LogP contribution in [0.4, 0.5) is 0 Å². The summed E-state index contributed by atoms with van der Waals surface area (Å²) in [4.78, 5) is 12.8. The molecule has 0 radical (unpaired) electrons. The van der Waals surface area contributed by atoms with E-state index >= 15 is 0 Å². The predicted octanol–water partition coefficient (Wildman–Crippen LogP) is 1.19. The van der Waals surface area contributed by atoms with E-state index in [1.807, 2.05) is 44.2 Å². The second-order valence-corrected chi connectivity index (χ2v) is 6.19. The number of rotatable bonds is 4. The Bertz CT molecular complexity index is 451. The van der Waals surface area contributed by atoms with Gasteiger partial charge in [0.2, 0.25) is 5.91 Å². The molecule has 1 aromatic rings. The summed E-state index contributed by atoms with van der Waals surface area (Å²) in [6, 6.07) is 9.97. The molecule has 0 aromatic heterocycles. The molecule has 110 valence electrons. The van der Waals surface area contributed by atoms with Crippen LogP contribution in [-0.4, -0.2) is 36.2 Å². The Hall–Kier alpha value is -1.39. The molecule has 0 aliphatic carbocycles. The molecule has 0 spiro atoms. The van der Waals surface area contributed by atoms with Crippen LogP contribution in [0.1, 0.15) is 32.3 Å². The van der Waals surface area contributed by atoms with E-state index in [0.717, 1.165) is 31.5 Å². The number of carbonyl (C=O) groups is 1. The highest BCUT2D eigenvalue weighted by molar-refractivity contribution is 5.89. The van der Waals surface area contributed by atoms with Gasteiger partial charge in [-0.3, -0.25) is 4.79 Å². The number of carbonyl (C=O) groups excluding carboxylic acids is 1. The number of amides is 1. The maximum atomic E-state index is 12.8. The smallest absolute Gasteiger partial charge is 0.231 e. The van der Waals surface area contributed by atoms with Crippen molar-refractivity contribution in [3.63, 3.8) is 0 Å². The Balaban J connectivity index is 2.30. The Labute approximate surface area is 120 Å². The molecule has 1 saturated heterocycles. The number of hydrogen-bond donors (Lipinski definition) is 3. The molecule has 4 heteroatoms. The van der Waals surface area contributed by atoms with Crippen LogP contribution in [0.25, 0.3) is 0 Å². The summed E-state index contributed by atoms with van der Waals surface area (Å²) in [6.07, 6.45) is 1.56. The van der Waals surface area contributed by atoms with Gasteiger partial charge >= 0.3 is 0 Å². The number of aliphatic hydroxyl groups excluding tert-OH is 1. The molecule has 4 nitrogen and oxygen atoms in total. The zero-order valence-corrected chi connectivity index (χ0v) is 12.3. The van der Waals surface area contributed by atoms with Gasteiger partial charge in [-0.2, -0.15) is 0 Å². The third-order valence-electron chi connectivity index (χ3n) is 4.07. The second kappa shape index (κ2) is 5.94. The van der Waals surface area contributed by atoms with E-state index in [2.05, 4.69) is 10.6 Å². The van der Waals surface area contributed by atoms with E-state index in [9.17, 15) is 9.90 Å². The number of benzene rings is 1. The number of piperidine rings is 1. The van der Waals surface area contributed by atoms with Gasteiger partial charge in [-0.25, -0.2) is 0 Å². The molecule has 1 aliphatic rings. The van der Waals surface area contributed by atoms with Crippen LogP contribution in [0.15, 0.2) is 30.3 Å². The Kier molecular flexibility index (Phi) is 4.45. The van der Waals surface area contributed by atoms with Gasteiger partial charge in [0.1, 0.15) is 0 Å². The molecule has 0 unspecified atom stereocenters. The van der Waals surface area contributed by atoms with E-state index < -0.39 is 11.0 Å². The van der Waals surface area contributed by atoms with Crippen molar-refractivity contribution in [2.45, 2.75) is 37.6 Å². The van der Waals surface area contributed by atoms with Crippen LogP contribution in [0, 0.1) is 0 Å². The lowest BCUT2D eigenvalue weighted by atomic mass is 9.72. The van der Waals surface area contributed by atoms with Crippen molar-refractivity contribution in [1.29, 1.82) is 0 Å². The average Bonchev–Trinajstić information content (AvgIpc) is 2.48. The van der Waals surface area contributed by atoms with Gasteiger partial charge in [0.05, 0.1) is 17.6 Å². The first kappa shape index (κ1) is 15.0. The summed E-state index contributed by atoms with van der Waals surface area (Å²) in [5, 5.41) is 15.7. The van der Waals surface area contributed by atoms with Crippen molar-refractivity contribution in [2.75, 3.05) is 19.7 Å². The summed E-state index contributed by atoms with van der Waals surface area (Å²) in [6.45, 7) is 5.28. The Morgan fingerprint density at radius 3 is 2.45 bits per heavy atom. The van der Waals surface area contributed by atoms with Crippen molar-refractivity contribution >= 4 is 5.91 Å². The highest BCUT2D eigenvalue weighted by atomic mass is 16.3. The lowest BCUT2D eigenvalue weighted by molar-refractivity contribution is -0.130. The molecule has 0 saturated carbocycles. The Morgan fingerprint density at radius 2 is 1.90 bits per heavy atom. The maximum absolute atomic E-state index is 12.8. The molecule has 1 fully saturated rings. The molecule has 0 atom stereocenters. The third kappa shape index (κ3) is 3.02. The molecule has 20 heavy (non-hydrogen) atoms. The van der Waals surface area contributed by atoms with Crippen LogP contribution in [0.3, 0.4) is 0 Å². The van der Waals surface area contributed by atoms with Crippen molar-refractivity contribution in [3.8, 4) is 0 Å². The number of nitrogens with one attached hydrogen (secondary N) is 2. The highest BCUT2D eigenvalue weighted by Gasteiger charge is 2.42. The molecule has 2 rings (SSSR count). The molecule has 1 heterocycles. The first-order valence-electron chi connectivity index (χ1n) is 7.20. The normalized spacial score (nSPS) is 18.6. The number of aliphatic hydroxyl groups is 1. The minimum atomic E-state index is -0.594. The maximum Gasteiger partial charge on any atom is 0.231 e. The van der Waals surface area contributed by atoms with Crippen molar-refractivity contribution in [1.82, 2.24) is 10.6 Å². The SMILES string of the molecule is CC(C)(CO)NC(=O)C1(c2ccccc2)CCNCC1. The summed E-state index contributed by atoms with van der Waals surface area (Å²) in [7, 11) is 0. The highest BCUT2D eigenvalue weighted by Crippen LogP contribution is 2.34. The molecular formula is C16H24N2O2. The van der Waals surface area contributed by atoms with Crippen LogP contribution < -0.4 is 10.6 Å². The second-order valence-electron chi connectivity index (χ2n) is 6.19. The minimum absolute atomic E-state index is 0.0178. The lowest BCUT2D eigenvalue weighted by Crippen LogP contribution is -2.57. The molecule has 0 bridgehead atoms. The van der Waals surface area contributed by atoms with Crippen molar-refractivity contribution < 1.29 is 9.90 Å². The summed E-state index contributed by atoms with van der Waals surface area (Å²) in [5.41, 5.74) is -0.0179. The van der Waals surface area contributed by atoms with Crippen LogP contribution in [0.5, 0.6) is 0 Å². The van der Waals surface area contributed by atoms with E-state index in [1.165, 1.54) is 0 Å². The molecule has 1 amide bonds. The van der Waals surface area contributed by atoms with Crippen molar-refractivity contribution in [2.24, 2.45) is 0 Å². The largest absolute Gasteiger partial charge is 0.394 e. The third-order valence-corrected chi connectivity index (χ3v) is 4.07. The standard InChI is InChI=1S/C16H24N2O2/c1-15(2,12-19)18-14(20)16(8-10-17-11-9-16)13-6-4-3-5-7-13/h3-7,17,19H,8-12H2,1-2H3,(H,18,20). The quantitative estimate of drug-likeness (QED) is 0.774. The van der Waals surface area contributed by atoms with Crippen LogP contribution in [-0.2, 0) is 10.2 Å². The Morgan fingerprint density at radius 1 is 1.30 bits per heavy atom. The topological polar surface area (TPSA) is 61.4 Å². The van der Waals surface area contributed by atoms with Gasteiger partial charge in [0.15, 0.2) is 0 Å². The van der Waals surface area contributed by atoms with Crippen LogP contribution in [0.2, 0.25) is 0 Å². The van der Waals surface area contributed by atoms with E-state index in [4.69, 9.17) is 0 Å². The summed E-state index contributed by atoms with van der Waals surface area (Å²) < 4.78 is 0. The fourth-order valence-electron chi connectivity index (χ4n) is 2.72. The van der Waals surface area contributed by atoms with Gasteiger partial charge in [-0.1, -0.05) is 30.3 Å². The average molecular weight is 276 g/mol. The van der Waals surface area contributed by atoms with Gasteiger partial charge in [-0.05, 0) is 45.3 Å². The van der Waals surface area contributed by atoms with Crippen LogP contribution >= 0.6 is 0 Å². The monoisotopic (exact) mass is 276 g/mol. The minimum Gasteiger partial charge on any atom is -0.394 e. The van der Waals surface area contributed by atoms with E-state index in [1.54, 1.807) is 0 Å². The summed E-state index contributed by atoms with van der Waals surface area (Å²) >= 11 is 0. The fraction of sp³-hybridized carbons (Fsp3) is 0.562. The molecule has 3 N–H and O–H groups in total. The van der Waals surface area contributed by atoms with Gasteiger partial charge < -0.3 is 15.7 Å². The molecule has 1 aromatic carbocycles. The zero-order valence-electron chi connectivity index (χ0n) is 12.3. The zero-order chi connectivity index (χ0) is 14.6. The van der Waals surface area contributed by atoms with Crippen molar-refractivity contribution in [3.05, 3.63) is 35.9 Å². The predicted molar refractivity (Wildman–Crippen MR) is 79.5 cm³/mol. The van der Waals surface area contributed by atoms with Gasteiger partial charge in [0.25, 0.3) is 0 Å². The molecular weight excluding hydrogens is 252 g/mol. The van der Waals surface area contributed by atoms with E-state index in [-0.39, 0.29) is 12.5 Å². The fourth-order valence-corrected chi connectivity index (χ4v) is 2.72. The first-order chi connectivity index (χ1) is 9.50. The summed E-state index contributed by atoms with van der Waals surface area (Å²) in [5.74, 6) is 0.0178. The van der Waals surface area contributed by atoms with Gasteiger partial charge in [0, 0.05) is 0 Å². The molecule has 1 aliphatic heterocycles. The number of hydrogen-bond acceptors (Lipinski definition) is 3. The lowest BCUT2D eigenvalue weighted by Gasteiger charge is -2.39. The van der Waals surface area contributed by atoms with Gasteiger partial charge in [-0.15, -0.1) is 0 Å².